The molecular formula is C62H85N14O6+. The largest absolute Gasteiger partial charge is 0.343 e. The van der Waals surface area contributed by atoms with Crippen LogP contribution in [0.1, 0.15) is 157 Å². The van der Waals surface area contributed by atoms with E-state index < -0.39 is 48.3 Å². The predicted octanol–water partition coefficient (Wildman–Crippen LogP) is 5.57. The van der Waals surface area contributed by atoms with Gasteiger partial charge in [-0.25, -0.2) is 0 Å². The Kier molecular flexibility index (Phi) is 20.8. The third-order valence-electron chi connectivity index (χ3n) is 17.5. The molecule has 6 heterocycles. The monoisotopic (exact) mass is 1120 g/mol. The molecule has 0 bridgehead atoms. The Morgan fingerprint density at radius 3 is 1.61 bits per heavy atom. The maximum atomic E-state index is 14.3. The lowest BCUT2D eigenvalue weighted by atomic mass is 9.98. The van der Waals surface area contributed by atoms with Crippen LogP contribution in [0, 0.1) is 0 Å². The molecule has 438 valence electrons. The zero-order valence-corrected chi connectivity index (χ0v) is 48.3. The summed E-state index contributed by atoms with van der Waals surface area (Å²) in [6, 6.07) is 23.7. The van der Waals surface area contributed by atoms with E-state index in [0.29, 0.717) is 44.5 Å². The molecular weight excluding hydrogens is 1040 g/mol. The number of likely N-dealkylation sites (N-methyl/N-ethyl adjacent to an activating group) is 2. The van der Waals surface area contributed by atoms with Crippen LogP contribution in [-0.2, 0) is 48.2 Å². The third-order valence-corrected chi connectivity index (χ3v) is 17.5. The number of rotatable bonds is 24. The van der Waals surface area contributed by atoms with Crippen LogP contribution in [-0.4, -0.2) is 146 Å². The zero-order valence-electron chi connectivity index (χ0n) is 48.3. The Labute approximate surface area is 482 Å². The molecule has 6 amide bonds. The van der Waals surface area contributed by atoms with E-state index in [-0.39, 0.29) is 47.5 Å². The first-order valence-electron chi connectivity index (χ1n) is 30.2. The molecule has 0 spiro atoms. The van der Waals surface area contributed by atoms with Crippen molar-refractivity contribution in [1.29, 1.82) is 0 Å². The summed E-state index contributed by atoms with van der Waals surface area (Å²) in [4.78, 5) is 86.0. The van der Waals surface area contributed by atoms with Crippen molar-refractivity contribution in [3.8, 4) is 0 Å². The quantitative estimate of drug-likeness (QED) is 0.0377. The van der Waals surface area contributed by atoms with Crippen molar-refractivity contribution < 1.29 is 33.5 Å². The second kappa shape index (κ2) is 28.7. The molecule has 20 heteroatoms. The number of aryl methyl sites for hydroxylation is 3. The molecule has 20 nitrogen and oxygen atoms in total. The van der Waals surface area contributed by atoms with Gasteiger partial charge in [-0.1, -0.05) is 116 Å². The summed E-state index contributed by atoms with van der Waals surface area (Å²) >= 11 is 0. The predicted molar refractivity (Wildman–Crippen MR) is 311 cm³/mol. The summed E-state index contributed by atoms with van der Waals surface area (Å²) in [5.41, 5.74) is 5.70. The molecule has 6 N–H and O–H groups in total. The number of nitrogens with one attached hydrogen (secondary N) is 6. The molecule has 4 aromatic rings. The van der Waals surface area contributed by atoms with E-state index in [0.717, 1.165) is 113 Å². The highest BCUT2D eigenvalue weighted by Gasteiger charge is 2.47. The fourth-order valence-electron chi connectivity index (χ4n) is 12.5. The van der Waals surface area contributed by atoms with E-state index in [1.165, 1.54) is 11.1 Å². The molecule has 0 saturated carbocycles. The summed E-state index contributed by atoms with van der Waals surface area (Å²) in [5.74, 6) is -1.28. The summed E-state index contributed by atoms with van der Waals surface area (Å²) < 4.78 is 3.81. The summed E-state index contributed by atoms with van der Waals surface area (Å²) in [6.45, 7) is 5.41. The number of benzene rings is 3. The minimum absolute atomic E-state index is 0.0405. The van der Waals surface area contributed by atoms with E-state index in [2.05, 4.69) is 76.8 Å². The number of amides is 6. The first-order valence-corrected chi connectivity index (χ1v) is 30.2. The number of carbonyl (C=O) groups is 6. The molecule has 5 aliphatic heterocycles. The van der Waals surface area contributed by atoms with Gasteiger partial charge in [0.2, 0.25) is 41.2 Å². The van der Waals surface area contributed by atoms with Crippen LogP contribution in [0.15, 0.2) is 101 Å². The Balaban J connectivity index is 0.718. The Morgan fingerprint density at radius 1 is 0.598 bits per heavy atom. The van der Waals surface area contributed by atoms with Gasteiger partial charge >= 0.3 is 0 Å². The molecule has 3 aromatic carbocycles. The lowest BCUT2D eigenvalue weighted by molar-refractivity contribution is -0.576. The van der Waals surface area contributed by atoms with Crippen LogP contribution < -0.4 is 31.9 Å². The number of fused-ring (bicyclic) bond motifs is 2. The van der Waals surface area contributed by atoms with Crippen LogP contribution in [0.4, 0.5) is 0 Å². The van der Waals surface area contributed by atoms with E-state index in [1.54, 1.807) is 37.7 Å². The van der Waals surface area contributed by atoms with Crippen molar-refractivity contribution in [3.05, 3.63) is 119 Å². The van der Waals surface area contributed by atoms with Gasteiger partial charge in [-0.3, -0.25) is 33.4 Å². The van der Waals surface area contributed by atoms with Crippen LogP contribution in [0.25, 0.3) is 0 Å². The standard InChI is InChI=1S/C62H84N14O6/c1-41(63-3)57(77)65-49-27-13-11-25-47-33-35-53(75(47)61(49)81)59(79)67-55(45-21-7-5-8-22-45)51-39-73(71-69-51)37-17-15-19-43-29-31-44(32-30-43)20-16-18-38-74-40-52(70-72-74)56(46-23-9-6-10-24-46)68-60(80)54-36-34-48-26-12-14-28-50(62(82)76(48)54)66-58(78)42(2)64-4/h5-10,21-24,29-32,39,41-42,47-50,53-56,63-64H,11-20,25-28,33-38,40H2,1-4H3,(H3-,65,66,67,68,77,78,79,80)/p+1/t41-,42+,47?,48?,49?,50?,53?,54?,55-,56-/m0/s1. The number of carbonyl (C=O) groups excluding carboxylic acids is 6. The van der Waals surface area contributed by atoms with Crippen LogP contribution in [0.2, 0.25) is 0 Å². The molecule has 5 aliphatic rings. The number of unbranched alkanes of at least 4 members (excludes halogenated alkanes) is 2. The maximum absolute atomic E-state index is 14.3. The lowest BCUT2D eigenvalue weighted by Gasteiger charge is -2.36. The fraction of sp³-hybridized carbons (Fsp3) is 0.565. The Morgan fingerprint density at radius 2 is 1.09 bits per heavy atom. The summed E-state index contributed by atoms with van der Waals surface area (Å²) in [7, 11) is 3.43. The molecule has 10 atom stereocenters. The molecule has 4 fully saturated rings. The van der Waals surface area contributed by atoms with Crippen molar-refractivity contribution in [2.24, 2.45) is 10.3 Å². The molecule has 0 aliphatic carbocycles. The first-order chi connectivity index (χ1) is 39.9. The highest BCUT2D eigenvalue weighted by molar-refractivity contribution is 5.98. The number of nitrogens with zero attached hydrogens (tertiary/aromatic N) is 8. The number of aromatic nitrogens is 3. The first kappa shape index (κ1) is 59.4. The van der Waals surface area contributed by atoms with Crippen molar-refractivity contribution in [1.82, 2.24) is 56.7 Å². The number of hydrogen-bond acceptors (Lipinski definition) is 12. The smallest absolute Gasteiger partial charge is 0.246 e. The van der Waals surface area contributed by atoms with Gasteiger partial charge in [-0.2, -0.15) is 4.70 Å². The molecule has 82 heavy (non-hydrogen) atoms. The average molecular weight is 1120 g/mol. The van der Waals surface area contributed by atoms with Gasteiger partial charge < -0.3 is 41.7 Å². The van der Waals surface area contributed by atoms with E-state index >= 15 is 0 Å². The minimum atomic E-state index is -0.675. The molecule has 4 saturated heterocycles. The summed E-state index contributed by atoms with van der Waals surface area (Å²) in [5, 5.41) is 36.5. The van der Waals surface area contributed by atoms with Crippen molar-refractivity contribution in [2.45, 2.75) is 196 Å². The second-order valence-electron chi connectivity index (χ2n) is 23.1. The van der Waals surface area contributed by atoms with Crippen LogP contribution >= 0.6 is 0 Å². The topological polar surface area (TPSA) is 240 Å². The molecule has 9 rings (SSSR count). The molecule has 6 unspecified atom stereocenters. The highest BCUT2D eigenvalue weighted by Crippen LogP contribution is 2.34. The van der Waals surface area contributed by atoms with Gasteiger partial charge in [-0.05, 0) is 140 Å². The van der Waals surface area contributed by atoms with Gasteiger partial charge in [0, 0.05) is 18.6 Å². The van der Waals surface area contributed by atoms with Crippen LogP contribution in [0.3, 0.4) is 0 Å². The van der Waals surface area contributed by atoms with Gasteiger partial charge in [-0.15, -0.1) is 5.10 Å². The Bertz CT molecular complexity index is 2880. The lowest BCUT2D eigenvalue weighted by Crippen LogP contribution is -2.58. The third kappa shape index (κ3) is 14.9. The SMILES string of the molecule is CN[C@@H](C)C(=O)NC1CCCCC2CCC(C(=O)N[C@@H](c3ccccc3)c3cn(CCCCc4ccc(CCCC[N+]5=NN=C([C@@H](NC(=O)C6CCC7CCCCC(NC(=O)[C@@H](C)NC)C(=O)N76)c6ccccc6)C5)cc4)nn3)N2C1=O. The van der Waals surface area contributed by atoms with Crippen molar-refractivity contribution >= 4 is 41.2 Å². The normalized spacial score (nSPS) is 23.4. The fourth-order valence-corrected chi connectivity index (χ4v) is 12.5. The molecule has 0 radical (unpaired) electrons. The second-order valence-corrected chi connectivity index (χ2v) is 23.1. The maximum Gasteiger partial charge on any atom is 0.246 e. The average Bonchev–Trinajstić information content (AvgIpc) is 4.37. The van der Waals surface area contributed by atoms with Gasteiger partial charge in [0.25, 0.3) is 0 Å². The van der Waals surface area contributed by atoms with Gasteiger partial charge in [0.1, 0.15) is 47.7 Å². The molecule has 1 aromatic heterocycles. The number of hydrogen-bond donors (Lipinski definition) is 6. The van der Waals surface area contributed by atoms with Gasteiger partial charge in [0.15, 0.2) is 6.54 Å². The minimum Gasteiger partial charge on any atom is -0.343 e. The Hall–Kier alpha value is -7.19. The van der Waals surface area contributed by atoms with Gasteiger partial charge in [0.05, 0.1) is 29.4 Å². The van der Waals surface area contributed by atoms with Crippen LogP contribution in [0.5, 0.6) is 0 Å². The van der Waals surface area contributed by atoms with E-state index in [4.69, 9.17) is 0 Å². The highest BCUT2D eigenvalue weighted by atomic mass is 16.2. The van der Waals surface area contributed by atoms with Crippen molar-refractivity contribution in [3.63, 3.8) is 0 Å². The zero-order chi connectivity index (χ0) is 57.5. The van der Waals surface area contributed by atoms with E-state index in [9.17, 15) is 28.8 Å². The van der Waals surface area contributed by atoms with Crippen molar-refractivity contribution in [2.75, 3.05) is 27.2 Å². The van der Waals surface area contributed by atoms with E-state index in [1.807, 2.05) is 76.2 Å². The summed E-state index contributed by atoms with van der Waals surface area (Å²) in [6.07, 6.45) is 16.5.